The molecule has 0 aromatic rings. The molecule has 0 fully saturated rings. The summed E-state index contributed by atoms with van der Waals surface area (Å²) in [6, 6.07) is 0. The highest BCUT2D eigenvalue weighted by atomic mass is 19.4. The number of hydrogen-bond acceptors (Lipinski definition) is 2. The first-order chi connectivity index (χ1) is 9.89. The van der Waals surface area contributed by atoms with Gasteiger partial charge >= 0.3 is 12.4 Å². The second kappa shape index (κ2) is 9.19. The van der Waals surface area contributed by atoms with E-state index in [1.165, 1.54) is 0 Å². The molecule has 0 aliphatic carbocycles. The Hall–Kier alpha value is -1.02. The maximum Gasteiger partial charge on any atom is 0.411 e. The van der Waals surface area contributed by atoms with Gasteiger partial charge in [-0.05, 0) is 39.7 Å². The van der Waals surface area contributed by atoms with Gasteiger partial charge in [0.15, 0.2) is 6.29 Å². The minimum absolute atomic E-state index is 0.492. The number of allylic oxidation sites excluding steroid dienone is 3. The molecule has 0 bridgehead atoms. The van der Waals surface area contributed by atoms with E-state index in [9.17, 15) is 26.3 Å². The molecule has 0 aliphatic rings. The Morgan fingerprint density at radius 2 is 1.36 bits per heavy atom. The van der Waals surface area contributed by atoms with Crippen molar-refractivity contribution < 1.29 is 35.8 Å². The molecule has 2 nitrogen and oxygen atoms in total. The Morgan fingerprint density at radius 3 is 1.73 bits per heavy atom. The van der Waals surface area contributed by atoms with Crippen molar-refractivity contribution in [3.8, 4) is 0 Å². The number of alkyl halides is 6. The highest BCUT2D eigenvalue weighted by Gasteiger charge is 2.32. The molecule has 0 spiro atoms. The summed E-state index contributed by atoms with van der Waals surface area (Å²) in [7, 11) is 0. The zero-order valence-corrected chi connectivity index (χ0v) is 12.6. The maximum atomic E-state index is 12.1. The van der Waals surface area contributed by atoms with E-state index in [4.69, 9.17) is 0 Å². The molecule has 0 radical (unpaired) electrons. The smallest absolute Gasteiger partial charge is 0.340 e. The van der Waals surface area contributed by atoms with Crippen LogP contribution in [-0.4, -0.2) is 31.9 Å². The zero-order valence-electron chi connectivity index (χ0n) is 12.6. The second-order valence-electron chi connectivity index (χ2n) is 5.05. The largest absolute Gasteiger partial charge is 0.411 e. The molecule has 0 aliphatic heterocycles. The molecule has 0 aromatic heterocycles. The molecule has 0 aromatic carbocycles. The fourth-order valence-electron chi connectivity index (χ4n) is 1.40. The van der Waals surface area contributed by atoms with Gasteiger partial charge in [-0.3, -0.25) is 0 Å². The van der Waals surface area contributed by atoms with E-state index in [2.05, 4.69) is 9.47 Å². The van der Waals surface area contributed by atoms with E-state index in [-0.39, 0.29) is 0 Å². The first kappa shape index (κ1) is 21.0. The Morgan fingerprint density at radius 1 is 0.909 bits per heavy atom. The van der Waals surface area contributed by atoms with Crippen LogP contribution in [0.3, 0.4) is 0 Å². The van der Waals surface area contributed by atoms with Gasteiger partial charge in [-0.25, -0.2) is 0 Å². The quantitative estimate of drug-likeness (QED) is 0.347. The standard InChI is InChI=1S/C14H20F6O2/c1-10(2)5-4-6-11(3)7-12(21-8-13(15,16)17)22-9-14(18,19)20/h5,7,12H,4,6,8-9H2,1-3H3/b11-7-. The normalized spacial score (nSPS) is 13.6. The van der Waals surface area contributed by atoms with Crippen LogP contribution in [-0.2, 0) is 9.47 Å². The second-order valence-corrected chi connectivity index (χ2v) is 5.05. The summed E-state index contributed by atoms with van der Waals surface area (Å²) in [4.78, 5) is 0. The molecule has 22 heavy (non-hydrogen) atoms. The van der Waals surface area contributed by atoms with Crippen molar-refractivity contribution >= 4 is 0 Å². The minimum Gasteiger partial charge on any atom is -0.340 e. The number of halogens is 6. The van der Waals surface area contributed by atoms with Crippen molar-refractivity contribution in [3.63, 3.8) is 0 Å². The molecule has 0 atom stereocenters. The van der Waals surface area contributed by atoms with E-state index >= 15 is 0 Å². The SMILES string of the molecule is CC(C)=CCC/C(C)=C\C(OCC(F)(F)F)OCC(F)(F)F. The third kappa shape index (κ3) is 13.9. The Labute approximate surface area is 125 Å². The summed E-state index contributed by atoms with van der Waals surface area (Å²) < 4.78 is 81.2. The molecule has 0 unspecified atom stereocenters. The van der Waals surface area contributed by atoms with Crippen LogP contribution in [0.1, 0.15) is 33.6 Å². The molecule has 0 N–H and O–H groups in total. The van der Waals surface area contributed by atoms with Gasteiger partial charge in [0.25, 0.3) is 0 Å². The van der Waals surface area contributed by atoms with Crippen molar-refractivity contribution in [1.29, 1.82) is 0 Å². The Bertz CT molecular complexity index is 360. The molecule has 0 amide bonds. The van der Waals surface area contributed by atoms with E-state index in [1.54, 1.807) is 6.92 Å². The van der Waals surface area contributed by atoms with Crippen LogP contribution in [0.25, 0.3) is 0 Å². The van der Waals surface area contributed by atoms with Gasteiger partial charge in [0.1, 0.15) is 13.2 Å². The monoisotopic (exact) mass is 334 g/mol. The average molecular weight is 334 g/mol. The van der Waals surface area contributed by atoms with Crippen LogP contribution >= 0.6 is 0 Å². The van der Waals surface area contributed by atoms with E-state index < -0.39 is 31.9 Å². The molecule has 0 heterocycles. The lowest BCUT2D eigenvalue weighted by Gasteiger charge is -2.18. The lowest BCUT2D eigenvalue weighted by atomic mass is 10.1. The molecular weight excluding hydrogens is 314 g/mol. The van der Waals surface area contributed by atoms with Gasteiger partial charge in [-0.1, -0.05) is 17.2 Å². The maximum absolute atomic E-state index is 12.1. The van der Waals surface area contributed by atoms with Crippen LogP contribution in [0, 0.1) is 0 Å². The number of rotatable bonds is 8. The topological polar surface area (TPSA) is 18.5 Å². The van der Waals surface area contributed by atoms with Crippen LogP contribution in [0.2, 0.25) is 0 Å². The van der Waals surface area contributed by atoms with Crippen LogP contribution in [0.15, 0.2) is 23.3 Å². The first-order valence-electron chi connectivity index (χ1n) is 6.56. The fourth-order valence-corrected chi connectivity index (χ4v) is 1.40. The summed E-state index contributed by atoms with van der Waals surface area (Å²) in [6.45, 7) is 2.03. The van der Waals surface area contributed by atoms with Crippen LogP contribution < -0.4 is 0 Å². The van der Waals surface area contributed by atoms with E-state index in [0.29, 0.717) is 18.4 Å². The Kier molecular flexibility index (Phi) is 8.77. The van der Waals surface area contributed by atoms with Crippen molar-refractivity contribution in [3.05, 3.63) is 23.3 Å². The summed E-state index contributed by atoms with van der Waals surface area (Å²) in [5.41, 5.74) is 1.66. The Balaban J connectivity index is 4.64. The van der Waals surface area contributed by atoms with Crippen molar-refractivity contribution in [2.75, 3.05) is 13.2 Å². The van der Waals surface area contributed by atoms with Crippen LogP contribution in [0.5, 0.6) is 0 Å². The summed E-state index contributed by atoms with van der Waals surface area (Å²) in [6.07, 6.45) is -6.78. The van der Waals surface area contributed by atoms with Crippen molar-refractivity contribution in [2.45, 2.75) is 52.3 Å². The van der Waals surface area contributed by atoms with Crippen molar-refractivity contribution in [2.24, 2.45) is 0 Å². The predicted molar refractivity (Wildman–Crippen MR) is 70.2 cm³/mol. The van der Waals surface area contributed by atoms with Gasteiger partial charge in [0.05, 0.1) is 0 Å². The number of hydrogen-bond donors (Lipinski definition) is 0. The third-order valence-electron chi connectivity index (χ3n) is 2.33. The van der Waals surface area contributed by atoms with Gasteiger partial charge < -0.3 is 9.47 Å². The molecular formula is C14H20F6O2. The van der Waals surface area contributed by atoms with E-state index in [0.717, 1.165) is 11.6 Å². The molecule has 0 rings (SSSR count). The van der Waals surface area contributed by atoms with Crippen molar-refractivity contribution in [1.82, 2.24) is 0 Å². The predicted octanol–water partition coefficient (Wildman–Crippen LogP) is 5.16. The molecule has 0 saturated carbocycles. The first-order valence-corrected chi connectivity index (χ1v) is 6.56. The highest BCUT2D eigenvalue weighted by Crippen LogP contribution is 2.20. The minimum atomic E-state index is -4.64. The third-order valence-corrected chi connectivity index (χ3v) is 2.33. The lowest BCUT2D eigenvalue weighted by Crippen LogP contribution is -2.28. The lowest BCUT2D eigenvalue weighted by molar-refractivity contribution is -0.246. The molecule has 130 valence electrons. The van der Waals surface area contributed by atoms with E-state index in [1.807, 2.05) is 19.9 Å². The van der Waals surface area contributed by atoms with Crippen LogP contribution in [0.4, 0.5) is 26.3 Å². The summed E-state index contributed by atoms with van der Waals surface area (Å²) in [5.74, 6) is 0. The van der Waals surface area contributed by atoms with Gasteiger partial charge in [-0.2, -0.15) is 26.3 Å². The van der Waals surface area contributed by atoms with Gasteiger partial charge in [-0.15, -0.1) is 0 Å². The molecule has 0 saturated heterocycles. The van der Waals surface area contributed by atoms with Gasteiger partial charge in [0.2, 0.25) is 0 Å². The zero-order chi connectivity index (χ0) is 17.4. The van der Waals surface area contributed by atoms with Gasteiger partial charge in [0, 0.05) is 0 Å². The summed E-state index contributed by atoms with van der Waals surface area (Å²) in [5, 5.41) is 0. The average Bonchev–Trinajstić information content (AvgIpc) is 2.30. The summed E-state index contributed by atoms with van der Waals surface area (Å²) >= 11 is 0. The fraction of sp³-hybridized carbons (Fsp3) is 0.714. The molecule has 8 heteroatoms. The highest BCUT2D eigenvalue weighted by molar-refractivity contribution is 5.03. The number of ether oxygens (including phenoxy) is 2.